The Morgan fingerprint density at radius 2 is 1.52 bits per heavy atom. The number of carbonyl (C=O) groups is 2. The second-order valence-corrected chi connectivity index (χ2v) is 9.06. The van der Waals surface area contributed by atoms with Crippen LogP contribution in [0.4, 0.5) is 0 Å². The van der Waals surface area contributed by atoms with Crippen LogP contribution < -0.4 is 4.74 Å². The number of ether oxygens (including phenoxy) is 2. The SMILES string of the molecule is CCOC(=O)c1ccc(OC(=O)c2ccc3c(c2C)C(C)(C)CCC3(C)C)cc1. The molecule has 0 saturated heterocycles. The van der Waals surface area contributed by atoms with E-state index in [4.69, 9.17) is 9.47 Å². The lowest BCUT2D eigenvalue weighted by Crippen LogP contribution is -2.35. The number of hydrogen-bond acceptors (Lipinski definition) is 4. The highest BCUT2D eigenvalue weighted by molar-refractivity contribution is 5.94. The van der Waals surface area contributed by atoms with Crippen LogP contribution in [-0.4, -0.2) is 18.5 Å². The van der Waals surface area contributed by atoms with Crippen LogP contribution in [0.3, 0.4) is 0 Å². The predicted molar refractivity (Wildman–Crippen MR) is 114 cm³/mol. The molecule has 0 atom stereocenters. The average molecular weight is 395 g/mol. The molecule has 0 bridgehead atoms. The maximum Gasteiger partial charge on any atom is 0.343 e. The van der Waals surface area contributed by atoms with Crippen LogP contribution in [-0.2, 0) is 15.6 Å². The van der Waals surface area contributed by atoms with Crippen molar-refractivity contribution in [3.05, 3.63) is 64.2 Å². The van der Waals surface area contributed by atoms with Gasteiger partial charge in [-0.1, -0.05) is 33.8 Å². The van der Waals surface area contributed by atoms with Gasteiger partial charge in [0.25, 0.3) is 0 Å². The van der Waals surface area contributed by atoms with Crippen molar-refractivity contribution < 1.29 is 19.1 Å². The molecular weight excluding hydrogens is 364 g/mol. The van der Waals surface area contributed by atoms with E-state index in [1.165, 1.54) is 11.1 Å². The summed E-state index contributed by atoms with van der Waals surface area (Å²) in [4.78, 5) is 24.7. The molecule has 4 nitrogen and oxygen atoms in total. The minimum absolute atomic E-state index is 0.0204. The van der Waals surface area contributed by atoms with Gasteiger partial charge in [0, 0.05) is 0 Å². The Morgan fingerprint density at radius 3 is 2.14 bits per heavy atom. The van der Waals surface area contributed by atoms with Crippen LogP contribution in [0.5, 0.6) is 5.75 Å². The van der Waals surface area contributed by atoms with Crippen LogP contribution in [0.15, 0.2) is 36.4 Å². The molecule has 0 saturated carbocycles. The normalized spacial score (nSPS) is 16.6. The van der Waals surface area contributed by atoms with Crippen LogP contribution >= 0.6 is 0 Å². The predicted octanol–water partition coefficient (Wildman–Crippen LogP) is 5.74. The van der Waals surface area contributed by atoms with Gasteiger partial charge in [-0.05, 0) is 84.5 Å². The van der Waals surface area contributed by atoms with Gasteiger partial charge in [-0.25, -0.2) is 9.59 Å². The van der Waals surface area contributed by atoms with Crippen molar-refractivity contribution in [2.75, 3.05) is 6.61 Å². The third-order valence-corrected chi connectivity index (χ3v) is 6.04. The molecule has 0 N–H and O–H groups in total. The zero-order chi connectivity index (χ0) is 21.4. The van der Waals surface area contributed by atoms with E-state index >= 15 is 0 Å². The molecule has 29 heavy (non-hydrogen) atoms. The quantitative estimate of drug-likeness (QED) is 0.490. The summed E-state index contributed by atoms with van der Waals surface area (Å²) < 4.78 is 10.6. The molecule has 0 aliphatic heterocycles. The first-order chi connectivity index (χ1) is 13.6. The molecule has 4 heteroatoms. The molecule has 1 aliphatic carbocycles. The summed E-state index contributed by atoms with van der Waals surface area (Å²) in [7, 11) is 0. The lowest BCUT2D eigenvalue weighted by Gasteiger charge is -2.43. The number of carbonyl (C=O) groups excluding carboxylic acids is 2. The van der Waals surface area contributed by atoms with Gasteiger partial charge >= 0.3 is 11.9 Å². The van der Waals surface area contributed by atoms with Gasteiger partial charge in [0.05, 0.1) is 17.7 Å². The maximum atomic E-state index is 12.9. The summed E-state index contributed by atoms with van der Waals surface area (Å²) in [5.74, 6) is -0.367. The first-order valence-corrected chi connectivity index (χ1v) is 10.2. The van der Waals surface area contributed by atoms with Crippen LogP contribution in [0.25, 0.3) is 0 Å². The molecule has 1 aliphatic rings. The number of rotatable bonds is 4. The largest absolute Gasteiger partial charge is 0.462 e. The van der Waals surface area contributed by atoms with Gasteiger partial charge in [0.2, 0.25) is 0 Å². The van der Waals surface area contributed by atoms with Crippen LogP contribution in [0, 0.1) is 6.92 Å². The lowest BCUT2D eigenvalue weighted by molar-refractivity contribution is 0.0526. The van der Waals surface area contributed by atoms with Crippen molar-refractivity contribution in [3.63, 3.8) is 0 Å². The minimum atomic E-state index is -0.388. The van der Waals surface area contributed by atoms with Crippen molar-refractivity contribution in [1.82, 2.24) is 0 Å². The molecule has 3 rings (SSSR count). The Kier molecular flexibility index (Phi) is 5.57. The highest BCUT2D eigenvalue weighted by Crippen LogP contribution is 2.47. The van der Waals surface area contributed by atoms with E-state index < -0.39 is 0 Å². The summed E-state index contributed by atoms with van der Waals surface area (Å²) in [5.41, 5.74) is 4.72. The van der Waals surface area contributed by atoms with Gasteiger partial charge in [0.1, 0.15) is 5.75 Å². The van der Waals surface area contributed by atoms with Crippen LogP contribution in [0.1, 0.15) is 84.9 Å². The molecule has 0 aromatic heterocycles. The smallest absolute Gasteiger partial charge is 0.343 e. The average Bonchev–Trinajstić information content (AvgIpc) is 2.66. The zero-order valence-corrected chi connectivity index (χ0v) is 18.2. The second kappa shape index (κ2) is 7.66. The highest BCUT2D eigenvalue weighted by Gasteiger charge is 2.39. The van der Waals surface area contributed by atoms with Gasteiger partial charge < -0.3 is 9.47 Å². The zero-order valence-electron chi connectivity index (χ0n) is 18.2. The molecule has 154 valence electrons. The number of hydrogen-bond donors (Lipinski definition) is 0. The van der Waals surface area contributed by atoms with E-state index in [1.807, 2.05) is 13.0 Å². The Labute approximate surface area is 173 Å². The van der Waals surface area contributed by atoms with Crippen molar-refractivity contribution in [3.8, 4) is 5.75 Å². The van der Waals surface area contributed by atoms with Crippen molar-refractivity contribution in [2.24, 2.45) is 0 Å². The molecule has 0 radical (unpaired) electrons. The summed E-state index contributed by atoms with van der Waals surface area (Å²) in [6.07, 6.45) is 2.21. The van der Waals surface area contributed by atoms with E-state index in [9.17, 15) is 9.59 Å². The van der Waals surface area contributed by atoms with Crippen molar-refractivity contribution in [2.45, 2.75) is 65.2 Å². The standard InChI is InChI=1S/C25H30O4/c1-7-28-22(26)17-8-10-18(11-9-17)29-23(27)19-12-13-20-21(16(19)2)25(5,6)15-14-24(20,3)4/h8-13H,7,14-15H2,1-6H3. The van der Waals surface area contributed by atoms with Crippen molar-refractivity contribution in [1.29, 1.82) is 0 Å². The highest BCUT2D eigenvalue weighted by atomic mass is 16.5. The molecule has 2 aromatic rings. The first-order valence-electron chi connectivity index (χ1n) is 10.2. The summed E-state index contributed by atoms with van der Waals surface area (Å²) in [6, 6.07) is 10.4. The van der Waals surface area contributed by atoms with Gasteiger partial charge in [-0.3, -0.25) is 0 Å². The fourth-order valence-electron chi connectivity index (χ4n) is 4.29. The molecule has 0 amide bonds. The second-order valence-electron chi connectivity index (χ2n) is 9.06. The molecule has 0 heterocycles. The summed E-state index contributed by atoms with van der Waals surface area (Å²) in [6.45, 7) is 13.1. The van der Waals surface area contributed by atoms with Gasteiger partial charge in [-0.15, -0.1) is 0 Å². The van der Waals surface area contributed by atoms with E-state index in [-0.39, 0.29) is 22.8 Å². The molecule has 0 fully saturated rings. The maximum absolute atomic E-state index is 12.9. The molecular formula is C25H30O4. The van der Waals surface area contributed by atoms with E-state index in [0.717, 1.165) is 18.4 Å². The van der Waals surface area contributed by atoms with E-state index in [0.29, 0.717) is 23.5 Å². The van der Waals surface area contributed by atoms with Gasteiger partial charge in [0.15, 0.2) is 0 Å². The Hall–Kier alpha value is -2.62. The monoisotopic (exact) mass is 394 g/mol. The number of fused-ring (bicyclic) bond motifs is 1. The number of esters is 2. The number of benzene rings is 2. The summed E-state index contributed by atoms with van der Waals surface area (Å²) >= 11 is 0. The molecule has 0 spiro atoms. The third kappa shape index (κ3) is 4.07. The fraction of sp³-hybridized carbons (Fsp3) is 0.440. The van der Waals surface area contributed by atoms with Gasteiger partial charge in [-0.2, -0.15) is 0 Å². The fourth-order valence-corrected chi connectivity index (χ4v) is 4.29. The topological polar surface area (TPSA) is 52.6 Å². The van der Waals surface area contributed by atoms with Crippen molar-refractivity contribution >= 4 is 11.9 Å². The Balaban J connectivity index is 1.88. The molecule has 2 aromatic carbocycles. The molecule has 0 unspecified atom stereocenters. The van der Waals surface area contributed by atoms with E-state index in [2.05, 4.69) is 33.8 Å². The lowest BCUT2D eigenvalue weighted by atomic mass is 9.61. The van der Waals surface area contributed by atoms with Crippen LogP contribution in [0.2, 0.25) is 0 Å². The first kappa shape index (κ1) is 21.1. The minimum Gasteiger partial charge on any atom is -0.462 e. The summed E-state index contributed by atoms with van der Waals surface area (Å²) in [5, 5.41) is 0. The van der Waals surface area contributed by atoms with E-state index in [1.54, 1.807) is 31.2 Å². The Bertz CT molecular complexity index is 936. The third-order valence-electron chi connectivity index (χ3n) is 6.04. The Morgan fingerprint density at radius 1 is 0.897 bits per heavy atom.